The summed E-state index contributed by atoms with van der Waals surface area (Å²) < 4.78 is 0. The SMILES string of the molecule is CCCc1nc(C)cc(N2CC[C@H](O)[C@@]3(CCCN(C(=O)Cc4cccnc4)C3)C2)n1. The van der Waals surface area contributed by atoms with Crippen LogP contribution in [-0.4, -0.2) is 63.1 Å². The maximum atomic E-state index is 13.0. The lowest BCUT2D eigenvalue weighted by atomic mass is 9.71. The number of anilines is 1. The monoisotopic (exact) mass is 423 g/mol. The minimum Gasteiger partial charge on any atom is -0.392 e. The van der Waals surface area contributed by atoms with Gasteiger partial charge in [-0.25, -0.2) is 9.97 Å². The summed E-state index contributed by atoms with van der Waals surface area (Å²) in [6.07, 6.45) is 7.83. The van der Waals surface area contributed by atoms with Gasteiger partial charge in [-0.2, -0.15) is 0 Å². The summed E-state index contributed by atoms with van der Waals surface area (Å²) in [5.74, 6) is 1.94. The molecule has 1 spiro atoms. The van der Waals surface area contributed by atoms with Gasteiger partial charge < -0.3 is 14.9 Å². The number of likely N-dealkylation sites (tertiary alicyclic amines) is 1. The topological polar surface area (TPSA) is 82.5 Å². The van der Waals surface area contributed by atoms with Crippen molar-refractivity contribution in [3.05, 3.63) is 47.7 Å². The van der Waals surface area contributed by atoms with E-state index >= 15 is 0 Å². The van der Waals surface area contributed by atoms with Crippen molar-refractivity contribution in [2.24, 2.45) is 5.41 Å². The second-order valence-corrected chi connectivity index (χ2v) is 9.08. The minimum absolute atomic E-state index is 0.111. The van der Waals surface area contributed by atoms with Crippen LogP contribution in [0.5, 0.6) is 0 Å². The highest BCUT2D eigenvalue weighted by Crippen LogP contribution is 2.40. The number of hydrogen-bond donors (Lipinski definition) is 1. The molecule has 2 aliphatic heterocycles. The molecular formula is C24H33N5O2. The molecule has 31 heavy (non-hydrogen) atoms. The predicted molar refractivity (Wildman–Crippen MR) is 120 cm³/mol. The van der Waals surface area contributed by atoms with Crippen LogP contribution in [0.15, 0.2) is 30.6 Å². The molecule has 2 aromatic heterocycles. The van der Waals surface area contributed by atoms with Gasteiger partial charge in [-0.05, 0) is 44.2 Å². The van der Waals surface area contributed by atoms with E-state index < -0.39 is 6.10 Å². The van der Waals surface area contributed by atoms with Crippen molar-refractivity contribution < 1.29 is 9.90 Å². The number of amides is 1. The van der Waals surface area contributed by atoms with E-state index in [1.807, 2.05) is 30.0 Å². The summed E-state index contributed by atoms with van der Waals surface area (Å²) in [6, 6.07) is 5.84. The highest BCUT2D eigenvalue weighted by Gasteiger charge is 2.46. The zero-order valence-corrected chi connectivity index (χ0v) is 18.6. The van der Waals surface area contributed by atoms with E-state index in [-0.39, 0.29) is 11.3 Å². The van der Waals surface area contributed by atoms with Crippen molar-refractivity contribution >= 4 is 11.7 Å². The molecule has 2 aromatic rings. The molecule has 2 aliphatic rings. The number of aromatic nitrogens is 3. The molecule has 7 nitrogen and oxygen atoms in total. The number of aliphatic hydroxyl groups is 1. The number of hydrogen-bond acceptors (Lipinski definition) is 6. The first-order chi connectivity index (χ1) is 15.0. The maximum absolute atomic E-state index is 13.0. The smallest absolute Gasteiger partial charge is 0.227 e. The second kappa shape index (κ2) is 9.30. The van der Waals surface area contributed by atoms with E-state index in [1.165, 1.54) is 0 Å². The summed E-state index contributed by atoms with van der Waals surface area (Å²) in [7, 11) is 0. The number of piperidine rings is 2. The number of aliphatic hydroxyl groups excluding tert-OH is 1. The second-order valence-electron chi connectivity index (χ2n) is 9.08. The first-order valence-corrected chi connectivity index (χ1v) is 11.4. The van der Waals surface area contributed by atoms with Gasteiger partial charge in [0, 0.05) is 62.2 Å². The van der Waals surface area contributed by atoms with Gasteiger partial charge in [-0.15, -0.1) is 0 Å². The average Bonchev–Trinajstić information content (AvgIpc) is 2.76. The largest absolute Gasteiger partial charge is 0.392 e. The van der Waals surface area contributed by atoms with Crippen molar-refractivity contribution in [1.29, 1.82) is 0 Å². The van der Waals surface area contributed by atoms with Crippen LogP contribution in [0.1, 0.15) is 49.7 Å². The Balaban J connectivity index is 1.51. The number of carbonyl (C=O) groups excluding carboxylic acids is 1. The third-order valence-electron chi connectivity index (χ3n) is 6.61. The average molecular weight is 424 g/mol. The predicted octanol–water partition coefficient (Wildman–Crippen LogP) is 2.56. The van der Waals surface area contributed by atoms with Gasteiger partial charge in [0.25, 0.3) is 0 Å². The maximum Gasteiger partial charge on any atom is 0.227 e. The molecular weight excluding hydrogens is 390 g/mol. The molecule has 7 heteroatoms. The van der Waals surface area contributed by atoms with Crippen molar-refractivity contribution in [2.75, 3.05) is 31.1 Å². The molecule has 4 heterocycles. The molecule has 2 saturated heterocycles. The lowest BCUT2D eigenvalue weighted by molar-refractivity contribution is -0.137. The molecule has 0 radical (unpaired) electrons. The number of nitrogens with zero attached hydrogens (tertiary/aromatic N) is 5. The molecule has 166 valence electrons. The van der Waals surface area contributed by atoms with Crippen molar-refractivity contribution in [1.82, 2.24) is 19.9 Å². The van der Waals surface area contributed by atoms with Crippen LogP contribution in [0.25, 0.3) is 0 Å². The Morgan fingerprint density at radius 2 is 2.16 bits per heavy atom. The quantitative estimate of drug-likeness (QED) is 0.796. The first kappa shape index (κ1) is 21.7. The number of rotatable bonds is 5. The van der Waals surface area contributed by atoms with Crippen molar-refractivity contribution in [2.45, 2.75) is 58.5 Å². The lowest BCUT2D eigenvalue weighted by Gasteiger charge is -2.51. The number of aryl methyl sites for hydroxylation is 2. The third kappa shape index (κ3) is 4.87. The molecule has 2 atom stereocenters. The summed E-state index contributed by atoms with van der Waals surface area (Å²) >= 11 is 0. The van der Waals surface area contributed by atoms with E-state index in [2.05, 4.69) is 21.8 Å². The fourth-order valence-corrected chi connectivity index (χ4v) is 5.02. The van der Waals surface area contributed by atoms with E-state index in [4.69, 9.17) is 4.98 Å². The van der Waals surface area contributed by atoms with Crippen LogP contribution < -0.4 is 4.90 Å². The minimum atomic E-state index is -0.407. The fourth-order valence-electron chi connectivity index (χ4n) is 5.02. The molecule has 0 aromatic carbocycles. The Morgan fingerprint density at radius 3 is 2.94 bits per heavy atom. The van der Waals surface area contributed by atoms with Gasteiger partial charge in [0.2, 0.25) is 5.91 Å². The highest BCUT2D eigenvalue weighted by molar-refractivity contribution is 5.78. The molecule has 0 bridgehead atoms. The van der Waals surface area contributed by atoms with Crippen LogP contribution in [0.3, 0.4) is 0 Å². The highest BCUT2D eigenvalue weighted by atomic mass is 16.3. The number of pyridine rings is 1. The molecule has 0 saturated carbocycles. The van der Waals surface area contributed by atoms with Crippen LogP contribution in [0.2, 0.25) is 0 Å². The molecule has 1 N–H and O–H groups in total. The van der Waals surface area contributed by atoms with Gasteiger partial charge >= 0.3 is 0 Å². The molecule has 4 rings (SSSR count). The van der Waals surface area contributed by atoms with E-state index in [1.54, 1.807) is 12.4 Å². The Kier molecular flexibility index (Phi) is 6.51. The van der Waals surface area contributed by atoms with Crippen LogP contribution in [-0.2, 0) is 17.6 Å². The van der Waals surface area contributed by atoms with Gasteiger partial charge in [0.05, 0.1) is 12.5 Å². The molecule has 1 amide bonds. The van der Waals surface area contributed by atoms with E-state index in [9.17, 15) is 9.90 Å². The number of carbonyl (C=O) groups is 1. The molecule has 0 aliphatic carbocycles. The summed E-state index contributed by atoms with van der Waals surface area (Å²) in [6.45, 7) is 6.98. The standard InChI is InChI=1S/C24H33N5O2/c1-3-6-21-26-18(2)13-22(27-21)28-12-8-20(30)24(16-28)9-5-11-29(17-24)23(31)14-19-7-4-10-25-15-19/h4,7,10,13,15,20,30H,3,5-6,8-9,11-12,14,16-17H2,1-2H3/t20-,24-/m0/s1. The van der Waals surface area contributed by atoms with Gasteiger partial charge in [0.15, 0.2) is 0 Å². The first-order valence-electron chi connectivity index (χ1n) is 11.4. The van der Waals surface area contributed by atoms with Crippen molar-refractivity contribution in [3.8, 4) is 0 Å². The fraction of sp³-hybridized carbons (Fsp3) is 0.583. The van der Waals surface area contributed by atoms with E-state index in [0.29, 0.717) is 25.9 Å². The summed E-state index contributed by atoms with van der Waals surface area (Å²) in [5, 5.41) is 11.0. The van der Waals surface area contributed by atoms with Crippen molar-refractivity contribution in [3.63, 3.8) is 0 Å². The van der Waals surface area contributed by atoms with Gasteiger partial charge in [-0.3, -0.25) is 9.78 Å². The Bertz CT molecular complexity index is 906. The summed E-state index contributed by atoms with van der Waals surface area (Å²) in [4.78, 5) is 30.7. The normalized spacial score (nSPS) is 23.9. The third-order valence-corrected chi connectivity index (χ3v) is 6.61. The molecule has 0 unspecified atom stereocenters. The zero-order chi connectivity index (χ0) is 21.8. The van der Waals surface area contributed by atoms with Gasteiger partial charge in [-0.1, -0.05) is 13.0 Å². The summed E-state index contributed by atoms with van der Waals surface area (Å²) in [5.41, 5.74) is 1.59. The Labute approximate surface area is 184 Å². The Morgan fingerprint density at radius 1 is 1.29 bits per heavy atom. The van der Waals surface area contributed by atoms with E-state index in [0.717, 1.165) is 61.7 Å². The van der Waals surface area contributed by atoms with Crippen LogP contribution in [0, 0.1) is 12.3 Å². The molecule has 2 fully saturated rings. The van der Waals surface area contributed by atoms with Crippen LogP contribution >= 0.6 is 0 Å². The Hall–Kier alpha value is -2.54. The van der Waals surface area contributed by atoms with Gasteiger partial charge in [0.1, 0.15) is 11.6 Å². The lowest BCUT2D eigenvalue weighted by Crippen LogP contribution is -2.60. The zero-order valence-electron chi connectivity index (χ0n) is 18.6. The van der Waals surface area contributed by atoms with Crippen LogP contribution in [0.4, 0.5) is 5.82 Å².